The minimum atomic E-state index is -3.66. The quantitative estimate of drug-likeness (QED) is 0.488. The van der Waals surface area contributed by atoms with Gasteiger partial charge in [-0.05, 0) is 86.6 Å². The number of pyridine rings is 1. The van der Waals surface area contributed by atoms with Crippen molar-refractivity contribution in [2.24, 2.45) is 5.92 Å². The average Bonchev–Trinajstić information content (AvgIpc) is 2.84. The predicted molar refractivity (Wildman–Crippen MR) is 133 cm³/mol. The standard InChI is InChI=1S/C27H30FN3O3S/c1-18-15-23(17-29-16-18)21-7-13-26(14-8-21)35(33,34)31-25-11-5-22(6-12-25)27(32)30-19(2)20-3-9-24(28)10-4-20/h3-4,7-10,13-17,19,22,25,31H,5-6,11-12H2,1-2H3,(H,30,32)/t19-,22-,25-/m1/s1. The van der Waals surface area contributed by atoms with E-state index in [0.717, 1.165) is 22.3 Å². The van der Waals surface area contributed by atoms with E-state index < -0.39 is 10.0 Å². The van der Waals surface area contributed by atoms with E-state index in [-0.39, 0.29) is 34.6 Å². The Hall–Kier alpha value is -3.10. The summed E-state index contributed by atoms with van der Waals surface area (Å²) in [4.78, 5) is 17.1. The fraction of sp³-hybridized carbons (Fsp3) is 0.333. The number of benzene rings is 2. The second-order valence-electron chi connectivity index (χ2n) is 9.23. The minimum absolute atomic E-state index is 0.0515. The molecule has 1 aliphatic carbocycles. The second-order valence-corrected chi connectivity index (χ2v) is 10.9. The maximum absolute atomic E-state index is 13.1. The van der Waals surface area contributed by atoms with Gasteiger partial charge in [0.1, 0.15) is 5.82 Å². The van der Waals surface area contributed by atoms with Crippen molar-refractivity contribution >= 4 is 15.9 Å². The molecule has 35 heavy (non-hydrogen) atoms. The Morgan fingerprint density at radius 2 is 1.63 bits per heavy atom. The molecule has 1 heterocycles. The molecule has 1 atom stereocenters. The van der Waals surface area contributed by atoms with Crippen molar-refractivity contribution in [3.8, 4) is 11.1 Å². The zero-order valence-corrected chi connectivity index (χ0v) is 20.7. The summed E-state index contributed by atoms with van der Waals surface area (Å²) >= 11 is 0. The van der Waals surface area contributed by atoms with Gasteiger partial charge in [0.2, 0.25) is 15.9 Å². The number of aryl methyl sites for hydroxylation is 1. The smallest absolute Gasteiger partial charge is 0.240 e. The lowest BCUT2D eigenvalue weighted by molar-refractivity contribution is -0.126. The summed E-state index contributed by atoms with van der Waals surface area (Å²) in [6.45, 7) is 3.83. The second kappa shape index (κ2) is 10.7. The van der Waals surface area contributed by atoms with E-state index in [1.54, 1.807) is 48.8 Å². The summed E-state index contributed by atoms with van der Waals surface area (Å²) in [6, 6.07) is 14.4. The molecule has 1 amide bonds. The number of amides is 1. The van der Waals surface area contributed by atoms with Crippen LogP contribution in [0.1, 0.15) is 49.8 Å². The number of nitrogens with zero attached hydrogens (tertiary/aromatic N) is 1. The number of hydrogen-bond donors (Lipinski definition) is 2. The summed E-state index contributed by atoms with van der Waals surface area (Å²) in [5.74, 6) is -0.530. The van der Waals surface area contributed by atoms with Crippen molar-refractivity contribution in [3.05, 3.63) is 83.9 Å². The maximum Gasteiger partial charge on any atom is 0.240 e. The highest BCUT2D eigenvalue weighted by Crippen LogP contribution is 2.27. The molecule has 8 heteroatoms. The molecule has 1 fully saturated rings. The maximum atomic E-state index is 13.1. The van der Waals surface area contributed by atoms with Gasteiger partial charge in [-0.1, -0.05) is 24.3 Å². The normalized spacial score (nSPS) is 19.2. The molecule has 0 radical (unpaired) electrons. The van der Waals surface area contributed by atoms with E-state index in [9.17, 15) is 17.6 Å². The molecule has 4 rings (SSSR count). The van der Waals surface area contributed by atoms with Crippen LogP contribution in [0, 0.1) is 18.7 Å². The molecule has 1 saturated carbocycles. The van der Waals surface area contributed by atoms with Gasteiger partial charge in [-0.3, -0.25) is 9.78 Å². The van der Waals surface area contributed by atoms with E-state index in [1.807, 2.05) is 19.9 Å². The zero-order chi connectivity index (χ0) is 25.0. The molecule has 6 nitrogen and oxygen atoms in total. The number of nitrogens with one attached hydrogen (secondary N) is 2. The van der Waals surface area contributed by atoms with E-state index in [4.69, 9.17) is 0 Å². The SMILES string of the molecule is Cc1cncc(-c2ccc(S(=O)(=O)N[C@H]3CC[C@H](C(=O)N[C@H](C)c4ccc(F)cc4)CC3)cc2)c1. The van der Waals surface area contributed by atoms with E-state index >= 15 is 0 Å². The number of halogens is 1. The molecule has 0 saturated heterocycles. The highest BCUT2D eigenvalue weighted by Gasteiger charge is 2.29. The lowest BCUT2D eigenvalue weighted by Crippen LogP contribution is -2.41. The third-order valence-electron chi connectivity index (χ3n) is 6.52. The number of rotatable bonds is 7. The van der Waals surface area contributed by atoms with Crippen LogP contribution < -0.4 is 10.0 Å². The largest absolute Gasteiger partial charge is 0.349 e. The van der Waals surface area contributed by atoms with E-state index in [2.05, 4.69) is 15.0 Å². The van der Waals surface area contributed by atoms with Gasteiger partial charge in [-0.2, -0.15) is 0 Å². The molecule has 0 bridgehead atoms. The molecule has 1 aromatic heterocycles. The molecule has 184 valence electrons. The van der Waals surface area contributed by atoms with Gasteiger partial charge in [-0.25, -0.2) is 17.5 Å². The molecular weight excluding hydrogens is 465 g/mol. The van der Waals surface area contributed by atoms with Gasteiger partial charge in [0, 0.05) is 29.9 Å². The summed E-state index contributed by atoms with van der Waals surface area (Å²) in [5, 5.41) is 2.99. The summed E-state index contributed by atoms with van der Waals surface area (Å²) in [7, 11) is -3.66. The summed E-state index contributed by atoms with van der Waals surface area (Å²) in [6.07, 6.45) is 5.92. The lowest BCUT2D eigenvalue weighted by atomic mass is 9.85. The predicted octanol–water partition coefficient (Wildman–Crippen LogP) is 4.91. The van der Waals surface area contributed by atoms with Gasteiger partial charge in [-0.15, -0.1) is 0 Å². The van der Waals surface area contributed by atoms with E-state index in [1.165, 1.54) is 12.1 Å². The van der Waals surface area contributed by atoms with Gasteiger partial charge in [0.25, 0.3) is 0 Å². The van der Waals surface area contributed by atoms with Crippen LogP contribution in [0.3, 0.4) is 0 Å². The van der Waals surface area contributed by atoms with Crippen molar-refractivity contribution < 1.29 is 17.6 Å². The number of sulfonamides is 1. The molecule has 3 aromatic rings. The molecule has 0 unspecified atom stereocenters. The van der Waals surface area contributed by atoms with Crippen LogP contribution in [-0.4, -0.2) is 25.4 Å². The van der Waals surface area contributed by atoms with Gasteiger partial charge in [0.15, 0.2) is 0 Å². The van der Waals surface area contributed by atoms with Crippen molar-refractivity contribution in [2.45, 2.75) is 56.5 Å². The van der Waals surface area contributed by atoms with Gasteiger partial charge >= 0.3 is 0 Å². The first-order chi connectivity index (χ1) is 16.7. The lowest BCUT2D eigenvalue weighted by Gasteiger charge is -2.29. The fourth-order valence-corrected chi connectivity index (χ4v) is 5.77. The first-order valence-corrected chi connectivity index (χ1v) is 13.3. The summed E-state index contributed by atoms with van der Waals surface area (Å²) in [5.41, 5.74) is 3.72. The molecule has 0 aliphatic heterocycles. The van der Waals surface area contributed by atoms with Crippen LogP contribution >= 0.6 is 0 Å². The summed E-state index contributed by atoms with van der Waals surface area (Å²) < 4.78 is 41.8. The van der Waals surface area contributed by atoms with Gasteiger partial charge in [0.05, 0.1) is 10.9 Å². The molecule has 2 N–H and O–H groups in total. The molecule has 0 spiro atoms. The highest BCUT2D eigenvalue weighted by molar-refractivity contribution is 7.89. The van der Waals surface area contributed by atoms with Crippen molar-refractivity contribution in [2.75, 3.05) is 0 Å². The van der Waals surface area contributed by atoms with Crippen LogP contribution in [-0.2, 0) is 14.8 Å². The van der Waals surface area contributed by atoms with Crippen LogP contribution in [0.2, 0.25) is 0 Å². The van der Waals surface area contributed by atoms with Crippen molar-refractivity contribution in [1.29, 1.82) is 0 Å². The Kier molecular flexibility index (Phi) is 7.62. The number of carbonyl (C=O) groups excluding carboxylic acids is 1. The van der Waals surface area contributed by atoms with Crippen molar-refractivity contribution in [1.82, 2.24) is 15.0 Å². The monoisotopic (exact) mass is 495 g/mol. The Morgan fingerprint density at radius 1 is 0.971 bits per heavy atom. The number of hydrogen-bond acceptors (Lipinski definition) is 4. The first-order valence-electron chi connectivity index (χ1n) is 11.8. The third kappa shape index (κ3) is 6.32. The topological polar surface area (TPSA) is 88.2 Å². The average molecular weight is 496 g/mol. The Bertz CT molecular complexity index is 1270. The zero-order valence-electron chi connectivity index (χ0n) is 19.9. The first kappa shape index (κ1) is 25.0. The minimum Gasteiger partial charge on any atom is -0.349 e. The molecule has 2 aromatic carbocycles. The Morgan fingerprint density at radius 3 is 2.26 bits per heavy atom. The van der Waals surface area contributed by atoms with Crippen molar-refractivity contribution in [3.63, 3.8) is 0 Å². The molecular formula is C27H30FN3O3S. The highest BCUT2D eigenvalue weighted by atomic mass is 32.2. The third-order valence-corrected chi connectivity index (χ3v) is 8.06. The fourth-order valence-electron chi connectivity index (χ4n) is 4.47. The number of carbonyl (C=O) groups is 1. The van der Waals surface area contributed by atoms with Crippen LogP contribution in [0.25, 0.3) is 11.1 Å². The number of aromatic nitrogens is 1. The molecule has 1 aliphatic rings. The van der Waals surface area contributed by atoms with Crippen LogP contribution in [0.5, 0.6) is 0 Å². The van der Waals surface area contributed by atoms with Crippen LogP contribution in [0.4, 0.5) is 4.39 Å². The van der Waals surface area contributed by atoms with Gasteiger partial charge < -0.3 is 5.32 Å². The Labute approximate surface area is 206 Å². The van der Waals surface area contributed by atoms with E-state index in [0.29, 0.717) is 25.7 Å². The van der Waals surface area contributed by atoms with Crippen LogP contribution in [0.15, 0.2) is 71.9 Å². The Balaban J connectivity index is 1.30.